The van der Waals surface area contributed by atoms with Crippen molar-refractivity contribution in [3.05, 3.63) is 59.7 Å². The molecule has 0 fully saturated rings. The van der Waals surface area contributed by atoms with Gasteiger partial charge in [0.25, 0.3) is 0 Å². The zero-order valence-electron chi connectivity index (χ0n) is 9.91. The molecule has 0 radical (unpaired) electrons. The van der Waals surface area contributed by atoms with Gasteiger partial charge in [0, 0.05) is 17.8 Å². The molecule has 0 spiro atoms. The fraction of sp³-hybridized carbons (Fsp3) is 0.143. The highest BCUT2D eigenvalue weighted by Crippen LogP contribution is 2.20. The van der Waals surface area contributed by atoms with Crippen molar-refractivity contribution >= 4 is 5.69 Å². The number of benzene rings is 2. The molecule has 0 aliphatic heterocycles. The summed E-state index contributed by atoms with van der Waals surface area (Å²) in [5.74, 6) is 0.0154. The summed E-state index contributed by atoms with van der Waals surface area (Å²) in [6, 6.07) is 10.3. The molecule has 2 rings (SSSR count). The number of nitrogens with one attached hydrogen (secondary N) is 1. The lowest BCUT2D eigenvalue weighted by Gasteiger charge is -2.10. The predicted octanol–water partition coefficient (Wildman–Crippen LogP) is 3.59. The Labute approximate surface area is 104 Å². The van der Waals surface area contributed by atoms with Gasteiger partial charge in [-0.3, -0.25) is 0 Å². The maximum atomic E-state index is 13.1. The van der Waals surface area contributed by atoms with Crippen LogP contribution in [0.3, 0.4) is 0 Å². The average Bonchev–Trinajstić information content (AvgIpc) is 2.38. The summed E-state index contributed by atoms with van der Waals surface area (Å²) < 4.78 is 31.0. The molecule has 0 bridgehead atoms. The third-order valence-corrected chi connectivity index (χ3v) is 2.57. The van der Waals surface area contributed by atoms with Gasteiger partial charge in [-0.05, 0) is 42.5 Å². The molecule has 2 aromatic carbocycles. The van der Waals surface area contributed by atoms with Gasteiger partial charge in [-0.15, -0.1) is 0 Å². The molecule has 18 heavy (non-hydrogen) atoms. The Bertz CT molecular complexity index is 526. The van der Waals surface area contributed by atoms with Gasteiger partial charge in [-0.1, -0.05) is 0 Å². The summed E-state index contributed by atoms with van der Waals surface area (Å²) in [6.07, 6.45) is 0. The summed E-state index contributed by atoms with van der Waals surface area (Å²) in [7, 11) is 1.54. The maximum absolute atomic E-state index is 13.1. The zero-order chi connectivity index (χ0) is 13.0. The largest absolute Gasteiger partial charge is 0.496 e. The number of ether oxygens (including phenoxy) is 1. The van der Waals surface area contributed by atoms with E-state index in [-0.39, 0.29) is 11.6 Å². The van der Waals surface area contributed by atoms with E-state index in [4.69, 9.17) is 4.74 Å². The van der Waals surface area contributed by atoms with E-state index in [0.29, 0.717) is 17.9 Å². The Hall–Kier alpha value is -2.10. The van der Waals surface area contributed by atoms with Crippen molar-refractivity contribution in [2.75, 3.05) is 12.4 Å². The van der Waals surface area contributed by atoms with Crippen LogP contribution in [0.5, 0.6) is 5.75 Å². The maximum Gasteiger partial charge on any atom is 0.124 e. The van der Waals surface area contributed by atoms with Gasteiger partial charge in [-0.25, -0.2) is 8.78 Å². The molecule has 2 aromatic rings. The van der Waals surface area contributed by atoms with Crippen LogP contribution in [0, 0.1) is 11.6 Å². The van der Waals surface area contributed by atoms with Crippen LogP contribution in [0.15, 0.2) is 42.5 Å². The van der Waals surface area contributed by atoms with Gasteiger partial charge in [0.2, 0.25) is 0 Å². The second-order valence-corrected chi connectivity index (χ2v) is 3.82. The van der Waals surface area contributed by atoms with Crippen molar-refractivity contribution in [3.63, 3.8) is 0 Å². The molecule has 0 atom stereocenters. The smallest absolute Gasteiger partial charge is 0.124 e. The second-order valence-electron chi connectivity index (χ2n) is 3.82. The Kier molecular flexibility index (Phi) is 3.77. The van der Waals surface area contributed by atoms with Gasteiger partial charge in [0.05, 0.1) is 7.11 Å². The molecule has 0 aromatic heterocycles. The van der Waals surface area contributed by atoms with Crippen molar-refractivity contribution in [1.82, 2.24) is 0 Å². The first-order valence-electron chi connectivity index (χ1n) is 5.51. The zero-order valence-corrected chi connectivity index (χ0v) is 9.91. The van der Waals surface area contributed by atoms with Crippen LogP contribution in [-0.4, -0.2) is 7.11 Å². The van der Waals surface area contributed by atoms with Crippen LogP contribution in [-0.2, 0) is 6.54 Å². The number of anilines is 1. The third kappa shape index (κ3) is 2.97. The van der Waals surface area contributed by atoms with Crippen LogP contribution in [0.4, 0.5) is 14.5 Å². The molecule has 0 aliphatic rings. The molecular weight excluding hydrogens is 236 g/mol. The summed E-state index contributed by atoms with van der Waals surface area (Å²) in [4.78, 5) is 0. The highest BCUT2D eigenvalue weighted by molar-refractivity contribution is 5.45. The summed E-state index contributed by atoms with van der Waals surface area (Å²) in [6.45, 7) is 0.409. The van der Waals surface area contributed by atoms with Crippen molar-refractivity contribution in [1.29, 1.82) is 0 Å². The average molecular weight is 249 g/mol. The monoisotopic (exact) mass is 249 g/mol. The van der Waals surface area contributed by atoms with Crippen LogP contribution in [0.25, 0.3) is 0 Å². The fourth-order valence-electron chi connectivity index (χ4n) is 1.65. The van der Waals surface area contributed by atoms with E-state index in [1.165, 1.54) is 31.4 Å². The Balaban J connectivity index is 2.09. The molecule has 0 saturated carbocycles. The lowest BCUT2D eigenvalue weighted by atomic mass is 10.2. The van der Waals surface area contributed by atoms with Gasteiger partial charge in [0.15, 0.2) is 0 Å². The highest BCUT2D eigenvalue weighted by Gasteiger charge is 2.04. The SMILES string of the molecule is COc1ccc(F)cc1CNc1ccc(F)cc1. The number of methoxy groups -OCH3 is 1. The molecule has 0 amide bonds. The topological polar surface area (TPSA) is 21.3 Å². The van der Waals surface area contributed by atoms with E-state index in [1.807, 2.05) is 0 Å². The van der Waals surface area contributed by atoms with E-state index in [2.05, 4.69) is 5.32 Å². The molecule has 0 aliphatic carbocycles. The van der Waals surface area contributed by atoms with E-state index >= 15 is 0 Å². The highest BCUT2D eigenvalue weighted by atomic mass is 19.1. The minimum Gasteiger partial charge on any atom is -0.496 e. The standard InChI is InChI=1S/C14H13F2NO/c1-18-14-7-4-12(16)8-10(14)9-17-13-5-2-11(15)3-6-13/h2-8,17H,9H2,1H3. The fourth-order valence-corrected chi connectivity index (χ4v) is 1.65. The Morgan fingerprint density at radius 1 is 1.00 bits per heavy atom. The number of rotatable bonds is 4. The molecule has 0 saturated heterocycles. The summed E-state index contributed by atoms with van der Waals surface area (Å²) >= 11 is 0. The quantitative estimate of drug-likeness (QED) is 0.894. The van der Waals surface area contributed by atoms with E-state index in [9.17, 15) is 8.78 Å². The Morgan fingerprint density at radius 2 is 1.67 bits per heavy atom. The van der Waals surface area contributed by atoms with E-state index in [1.54, 1.807) is 18.2 Å². The lowest BCUT2D eigenvalue weighted by molar-refractivity contribution is 0.409. The first-order chi connectivity index (χ1) is 8.69. The first-order valence-corrected chi connectivity index (χ1v) is 5.51. The Morgan fingerprint density at radius 3 is 2.33 bits per heavy atom. The van der Waals surface area contributed by atoms with Crippen molar-refractivity contribution < 1.29 is 13.5 Å². The van der Waals surface area contributed by atoms with Crippen LogP contribution in [0.2, 0.25) is 0 Å². The van der Waals surface area contributed by atoms with Crippen molar-refractivity contribution in [3.8, 4) is 5.75 Å². The van der Waals surface area contributed by atoms with Gasteiger partial charge >= 0.3 is 0 Å². The van der Waals surface area contributed by atoms with E-state index < -0.39 is 0 Å². The first kappa shape index (κ1) is 12.4. The minimum absolute atomic E-state index is 0.288. The molecule has 1 N–H and O–H groups in total. The molecule has 0 unspecified atom stereocenters. The summed E-state index contributed by atoms with van der Waals surface area (Å²) in [5.41, 5.74) is 1.48. The molecule has 94 valence electrons. The normalized spacial score (nSPS) is 10.2. The molecule has 2 nitrogen and oxygen atoms in total. The van der Waals surface area contributed by atoms with Gasteiger partial charge < -0.3 is 10.1 Å². The van der Waals surface area contributed by atoms with Gasteiger partial charge in [-0.2, -0.15) is 0 Å². The van der Waals surface area contributed by atoms with Crippen LogP contribution in [0.1, 0.15) is 5.56 Å². The number of halogens is 2. The number of hydrogen-bond acceptors (Lipinski definition) is 2. The lowest BCUT2D eigenvalue weighted by Crippen LogP contribution is -2.02. The van der Waals surface area contributed by atoms with Gasteiger partial charge in [0.1, 0.15) is 17.4 Å². The van der Waals surface area contributed by atoms with E-state index in [0.717, 1.165) is 5.69 Å². The minimum atomic E-state index is -0.313. The number of hydrogen-bond donors (Lipinski definition) is 1. The van der Waals surface area contributed by atoms with Crippen molar-refractivity contribution in [2.45, 2.75) is 6.54 Å². The van der Waals surface area contributed by atoms with Crippen LogP contribution >= 0.6 is 0 Å². The predicted molar refractivity (Wildman–Crippen MR) is 66.7 cm³/mol. The second kappa shape index (κ2) is 5.49. The molecular formula is C14H13F2NO. The molecule has 4 heteroatoms. The van der Waals surface area contributed by atoms with Crippen molar-refractivity contribution in [2.24, 2.45) is 0 Å². The van der Waals surface area contributed by atoms with Crippen LogP contribution < -0.4 is 10.1 Å². The summed E-state index contributed by atoms with van der Waals surface area (Å²) in [5, 5.41) is 3.08. The molecule has 0 heterocycles. The third-order valence-electron chi connectivity index (χ3n) is 2.57.